The Balaban J connectivity index is 1.51. The summed E-state index contributed by atoms with van der Waals surface area (Å²) in [5.41, 5.74) is 3.16. The van der Waals surface area contributed by atoms with E-state index in [0.29, 0.717) is 22.7 Å². The number of halogens is 1. The fourth-order valence-electron chi connectivity index (χ4n) is 2.75. The minimum Gasteiger partial charge on any atom is -0.411 e. The lowest BCUT2D eigenvalue weighted by molar-refractivity contribution is -0.118. The molecule has 0 radical (unpaired) electrons. The van der Waals surface area contributed by atoms with E-state index in [2.05, 4.69) is 51.6 Å². The molecule has 0 saturated heterocycles. The third-order valence-electron chi connectivity index (χ3n) is 4.40. The molecule has 1 atom stereocenters. The van der Waals surface area contributed by atoms with E-state index >= 15 is 0 Å². The van der Waals surface area contributed by atoms with Gasteiger partial charge in [-0.3, -0.25) is 4.79 Å². The number of carbonyl (C=O) groups is 1. The Morgan fingerprint density at radius 2 is 1.83 bits per heavy atom. The van der Waals surface area contributed by atoms with Gasteiger partial charge in [-0.25, -0.2) is 0 Å². The van der Waals surface area contributed by atoms with Crippen LogP contribution < -0.4 is 5.32 Å². The highest BCUT2D eigenvalue weighted by Crippen LogP contribution is 2.24. The molecule has 0 saturated carbocycles. The monoisotopic (exact) mass is 430 g/mol. The molecule has 1 amide bonds. The van der Waals surface area contributed by atoms with Gasteiger partial charge < -0.3 is 14.6 Å². The number of nitrogens with zero attached hydrogens (tertiary/aromatic N) is 3. The van der Waals surface area contributed by atoms with E-state index in [-0.39, 0.29) is 17.7 Å². The molecule has 0 fully saturated rings. The topological polar surface area (TPSA) is 71.3 Å². The highest BCUT2D eigenvalue weighted by Gasteiger charge is 2.16. The van der Waals surface area contributed by atoms with E-state index in [1.807, 2.05) is 26.2 Å². The highest BCUT2D eigenvalue weighted by molar-refractivity contribution is 7.99. The predicted octanol–water partition coefficient (Wildman–Crippen LogP) is 4.21. The minimum absolute atomic E-state index is 0.0831. The van der Waals surface area contributed by atoms with Crippen LogP contribution in [0.5, 0.6) is 0 Å². The summed E-state index contributed by atoms with van der Waals surface area (Å²) < 4.78 is 5.61. The maximum Gasteiger partial charge on any atom is 0.277 e. The van der Waals surface area contributed by atoms with Crippen molar-refractivity contribution in [3.05, 3.63) is 64.7 Å². The molecule has 1 unspecified atom stereocenters. The van der Waals surface area contributed by atoms with Crippen molar-refractivity contribution in [1.82, 2.24) is 20.4 Å². The average Bonchev–Trinajstić information content (AvgIpc) is 3.17. The van der Waals surface area contributed by atoms with Gasteiger partial charge in [0.15, 0.2) is 0 Å². The van der Waals surface area contributed by atoms with Gasteiger partial charge in [0.25, 0.3) is 5.22 Å². The summed E-state index contributed by atoms with van der Waals surface area (Å²) in [5.74, 6) is 0.521. The van der Waals surface area contributed by atoms with Crippen molar-refractivity contribution in [2.24, 2.45) is 0 Å². The Kier molecular flexibility index (Phi) is 7.30. The average molecular weight is 431 g/mol. The van der Waals surface area contributed by atoms with Gasteiger partial charge in [0.1, 0.15) is 0 Å². The smallest absolute Gasteiger partial charge is 0.277 e. The van der Waals surface area contributed by atoms with Crippen LogP contribution in [0.15, 0.2) is 58.2 Å². The van der Waals surface area contributed by atoms with Crippen LogP contribution in [0.2, 0.25) is 5.02 Å². The van der Waals surface area contributed by atoms with Crippen LogP contribution in [0.25, 0.3) is 11.5 Å². The van der Waals surface area contributed by atoms with Crippen molar-refractivity contribution in [1.29, 1.82) is 0 Å². The second kappa shape index (κ2) is 9.91. The Bertz CT molecular complexity index is 942. The molecule has 0 spiro atoms. The lowest BCUT2D eigenvalue weighted by Crippen LogP contribution is -2.35. The van der Waals surface area contributed by atoms with Crippen LogP contribution >= 0.6 is 23.4 Å². The zero-order valence-corrected chi connectivity index (χ0v) is 18.1. The summed E-state index contributed by atoms with van der Waals surface area (Å²) in [5, 5.41) is 12.0. The summed E-state index contributed by atoms with van der Waals surface area (Å²) >= 11 is 7.10. The molecule has 0 aliphatic rings. The van der Waals surface area contributed by atoms with Crippen LogP contribution in [-0.4, -0.2) is 47.4 Å². The van der Waals surface area contributed by atoms with Crippen molar-refractivity contribution in [2.45, 2.75) is 18.2 Å². The summed E-state index contributed by atoms with van der Waals surface area (Å²) in [6, 6.07) is 15.6. The molecule has 6 nitrogen and oxygen atoms in total. The Hall–Kier alpha value is -2.35. The number of likely N-dealkylation sites (N-methyl/N-ethyl adjacent to an activating group) is 1. The van der Waals surface area contributed by atoms with Gasteiger partial charge in [-0.1, -0.05) is 53.2 Å². The zero-order valence-electron chi connectivity index (χ0n) is 16.6. The molecular weight excluding hydrogens is 408 g/mol. The molecule has 3 aromatic rings. The van der Waals surface area contributed by atoms with Gasteiger partial charge in [0, 0.05) is 17.1 Å². The maximum atomic E-state index is 12.3. The Labute approximate surface area is 179 Å². The largest absolute Gasteiger partial charge is 0.411 e. The zero-order chi connectivity index (χ0) is 20.8. The number of carbonyl (C=O) groups excluding carboxylic acids is 1. The summed E-state index contributed by atoms with van der Waals surface area (Å²) in [4.78, 5) is 14.4. The second-order valence-corrected chi connectivity index (χ2v) is 8.23. The third-order valence-corrected chi connectivity index (χ3v) is 5.47. The van der Waals surface area contributed by atoms with E-state index in [4.69, 9.17) is 16.0 Å². The fourth-order valence-corrected chi connectivity index (χ4v) is 3.47. The maximum absolute atomic E-state index is 12.3. The van der Waals surface area contributed by atoms with Crippen molar-refractivity contribution in [2.75, 3.05) is 26.4 Å². The Morgan fingerprint density at radius 1 is 1.14 bits per heavy atom. The molecule has 8 heteroatoms. The first-order valence-corrected chi connectivity index (χ1v) is 10.5. The quantitative estimate of drug-likeness (QED) is 0.540. The van der Waals surface area contributed by atoms with Crippen molar-refractivity contribution < 1.29 is 9.21 Å². The molecule has 0 aliphatic carbocycles. The summed E-state index contributed by atoms with van der Waals surface area (Å²) in [6.45, 7) is 2.58. The van der Waals surface area contributed by atoms with Crippen LogP contribution in [-0.2, 0) is 4.79 Å². The first-order chi connectivity index (χ1) is 13.9. The van der Waals surface area contributed by atoms with Gasteiger partial charge in [-0.15, -0.1) is 10.2 Å². The van der Waals surface area contributed by atoms with Gasteiger partial charge in [-0.05, 0) is 50.8 Å². The first-order valence-electron chi connectivity index (χ1n) is 9.14. The van der Waals surface area contributed by atoms with E-state index in [9.17, 15) is 4.79 Å². The molecule has 0 aliphatic heterocycles. The van der Waals surface area contributed by atoms with E-state index in [1.165, 1.54) is 17.3 Å². The van der Waals surface area contributed by atoms with Gasteiger partial charge in [0.2, 0.25) is 11.8 Å². The molecule has 152 valence electrons. The van der Waals surface area contributed by atoms with E-state index in [1.54, 1.807) is 12.1 Å². The van der Waals surface area contributed by atoms with Crippen LogP contribution in [0.3, 0.4) is 0 Å². The molecular formula is C21H23ClN4O2S. The fraction of sp³-hybridized carbons (Fsp3) is 0.286. The van der Waals surface area contributed by atoms with E-state index in [0.717, 1.165) is 11.1 Å². The predicted molar refractivity (Wildman–Crippen MR) is 116 cm³/mol. The number of amides is 1. The van der Waals surface area contributed by atoms with Crippen molar-refractivity contribution in [3.8, 4) is 11.5 Å². The highest BCUT2D eigenvalue weighted by atomic mass is 35.5. The number of hydrogen-bond acceptors (Lipinski definition) is 6. The molecule has 2 aromatic carbocycles. The van der Waals surface area contributed by atoms with Crippen molar-refractivity contribution >= 4 is 29.3 Å². The van der Waals surface area contributed by atoms with Crippen LogP contribution in [0, 0.1) is 6.92 Å². The van der Waals surface area contributed by atoms with Crippen LogP contribution in [0.1, 0.15) is 17.2 Å². The second-order valence-electron chi connectivity index (χ2n) is 6.86. The number of aromatic nitrogens is 2. The normalized spacial score (nSPS) is 12.2. The Morgan fingerprint density at radius 3 is 2.48 bits per heavy atom. The number of nitrogens with one attached hydrogen (secondary N) is 1. The van der Waals surface area contributed by atoms with Gasteiger partial charge >= 0.3 is 0 Å². The summed E-state index contributed by atoms with van der Waals surface area (Å²) in [7, 11) is 4.00. The van der Waals surface area contributed by atoms with Crippen LogP contribution in [0.4, 0.5) is 0 Å². The lowest BCUT2D eigenvalue weighted by Gasteiger charge is -2.25. The molecule has 1 aromatic heterocycles. The molecule has 3 rings (SSSR count). The van der Waals surface area contributed by atoms with Crippen molar-refractivity contribution in [3.63, 3.8) is 0 Å². The molecule has 29 heavy (non-hydrogen) atoms. The SMILES string of the molecule is Cc1ccc(C(CNC(=O)CSc2nnc(-c3ccc(Cl)cc3)o2)N(C)C)cc1. The first kappa shape index (κ1) is 21.4. The number of rotatable bonds is 8. The number of aryl methyl sites for hydroxylation is 1. The third kappa shape index (κ3) is 6.06. The minimum atomic E-state index is -0.0831. The molecule has 0 bridgehead atoms. The number of benzene rings is 2. The van der Waals surface area contributed by atoms with E-state index < -0.39 is 0 Å². The number of hydrogen-bond donors (Lipinski definition) is 1. The summed E-state index contributed by atoms with van der Waals surface area (Å²) in [6.07, 6.45) is 0. The molecule has 1 heterocycles. The lowest BCUT2D eigenvalue weighted by atomic mass is 10.0. The standard InChI is InChI=1S/C21H23ClN4O2S/c1-14-4-6-15(7-5-14)18(26(2)3)12-23-19(27)13-29-21-25-24-20(28-21)16-8-10-17(22)11-9-16/h4-11,18H,12-13H2,1-3H3,(H,23,27). The van der Waals surface area contributed by atoms with Gasteiger partial charge in [-0.2, -0.15) is 0 Å². The number of thioether (sulfide) groups is 1. The molecule has 1 N–H and O–H groups in total. The van der Waals surface area contributed by atoms with Gasteiger partial charge in [0.05, 0.1) is 11.8 Å².